The average molecular weight is 369 g/mol. The second-order valence-electron chi connectivity index (χ2n) is 4.97. The van der Waals surface area contributed by atoms with E-state index < -0.39 is 0 Å². The zero-order valence-corrected chi connectivity index (χ0v) is 14.8. The topological polar surface area (TPSA) is 21.3 Å². The van der Waals surface area contributed by atoms with Gasteiger partial charge >= 0.3 is 0 Å². The summed E-state index contributed by atoms with van der Waals surface area (Å²) in [6.07, 6.45) is 0. The maximum atomic E-state index is 6.11. The van der Waals surface area contributed by atoms with Crippen LogP contribution in [0.15, 0.2) is 40.9 Å². The number of rotatable bonds is 5. The molecule has 0 heterocycles. The number of ether oxygens (including phenoxy) is 1. The Kier molecular flexibility index (Phi) is 5.68. The molecule has 0 spiro atoms. The van der Waals surface area contributed by atoms with Gasteiger partial charge in [-0.3, -0.25) is 0 Å². The lowest BCUT2D eigenvalue weighted by Crippen LogP contribution is -2.18. The van der Waals surface area contributed by atoms with E-state index in [4.69, 9.17) is 16.3 Å². The van der Waals surface area contributed by atoms with Crippen molar-refractivity contribution in [2.45, 2.75) is 26.8 Å². The van der Waals surface area contributed by atoms with Gasteiger partial charge in [0, 0.05) is 21.1 Å². The Morgan fingerprint density at radius 1 is 1.19 bits per heavy atom. The quantitative estimate of drug-likeness (QED) is 0.712. The zero-order chi connectivity index (χ0) is 15.4. The maximum absolute atomic E-state index is 6.11. The first-order valence-electron chi connectivity index (χ1n) is 6.98. The molecule has 1 unspecified atom stereocenters. The molecular weight excluding hydrogens is 350 g/mol. The molecule has 2 nitrogen and oxygen atoms in total. The van der Waals surface area contributed by atoms with Crippen molar-refractivity contribution in [2.75, 3.05) is 6.54 Å². The molecule has 0 aliphatic heterocycles. The van der Waals surface area contributed by atoms with Crippen LogP contribution in [0.4, 0.5) is 0 Å². The lowest BCUT2D eigenvalue weighted by Gasteiger charge is -2.18. The predicted molar refractivity (Wildman–Crippen MR) is 92.5 cm³/mol. The standard InChI is InChI=1S/C17H19BrClNO/c1-4-20-12(3)15-7-5-13(18)10-17(15)21-16-8-6-14(19)9-11(16)2/h5-10,12,20H,4H2,1-3H3. The molecular formula is C17H19BrClNO. The van der Waals surface area contributed by atoms with E-state index in [1.807, 2.05) is 37.3 Å². The molecule has 0 amide bonds. The minimum absolute atomic E-state index is 0.228. The van der Waals surface area contributed by atoms with Gasteiger partial charge in [-0.15, -0.1) is 0 Å². The fraction of sp³-hybridized carbons (Fsp3) is 0.294. The highest BCUT2D eigenvalue weighted by Crippen LogP contribution is 2.34. The molecule has 0 bridgehead atoms. The number of hydrogen-bond acceptors (Lipinski definition) is 2. The summed E-state index contributed by atoms with van der Waals surface area (Å²) >= 11 is 9.50. The minimum atomic E-state index is 0.228. The van der Waals surface area contributed by atoms with Crippen LogP contribution in [0.3, 0.4) is 0 Å². The van der Waals surface area contributed by atoms with Crippen LogP contribution in [0, 0.1) is 6.92 Å². The van der Waals surface area contributed by atoms with E-state index in [0.29, 0.717) is 0 Å². The summed E-state index contributed by atoms with van der Waals surface area (Å²) in [7, 11) is 0. The van der Waals surface area contributed by atoms with Gasteiger partial charge < -0.3 is 10.1 Å². The number of benzene rings is 2. The molecule has 0 aromatic heterocycles. The second kappa shape index (κ2) is 7.30. The summed E-state index contributed by atoms with van der Waals surface area (Å²) < 4.78 is 7.11. The van der Waals surface area contributed by atoms with Crippen molar-refractivity contribution in [1.29, 1.82) is 0 Å². The van der Waals surface area contributed by atoms with E-state index in [1.165, 1.54) is 0 Å². The highest BCUT2D eigenvalue weighted by atomic mass is 79.9. The van der Waals surface area contributed by atoms with Crippen LogP contribution < -0.4 is 10.1 Å². The summed E-state index contributed by atoms with van der Waals surface area (Å²) in [6.45, 7) is 7.14. The van der Waals surface area contributed by atoms with Crippen LogP contribution >= 0.6 is 27.5 Å². The van der Waals surface area contributed by atoms with Crippen molar-refractivity contribution in [3.63, 3.8) is 0 Å². The van der Waals surface area contributed by atoms with Gasteiger partial charge in [-0.25, -0.2) is 0 Å². The molecule has 2 aromatic rings. The smallest absolute Gasteiger partial charge is 0.133 e. The summed E-state index contributed by atoms with van der Waals surface area (Å²) in [4.78, 5) is 0. The fourth-order valence-corrected chi connectivity index (χ4v) is 2.78. The van der Waals surface area contributed by atoms with Crippen LogP contribution in [-0.2, 0) is 0 Å². The zero-order valence-electron chi connectivity index (χ0n) is 12.4. The Morgan fingerprint density at radius 3 is 2.62 bits per heavy atom. The molecule has 112 valence electrons. The van der Waals surface area contributed by atoms with E-state index in [1.54, 1.807) is 0 Å². The van der Waals surface area contributed by atoms with E-state index in [-0.39, 0.29) is 6.04 Å². The Labute approximate surface area is 139 Å². The Hall–Kier alpha value is -1.03. The molecule has 0 fully saturated rings. The molecule has 4 heteroatoms. The average Bonchev–Trinajstić information content (AvgIpc) is 2.42. The van der Waals surface area contributed by atoms with Crippen LogP contribution in [0.2, 0.25) is 5.02 Å². The molecule has 0 radical (unpaired) electrons. The van der Waals surface area contributed by atoms with Gasteiger partial charge in [0.1, 0.15) is 11.5 Å². The highest BCUT2D eigenvalue weighted by Gasteiger charge is 2.13. The van der Waals surface area contributed by atoms with Crippen molar-refractivity contribution in [3.05, 3.63) is 57.0 Å². The lowest BCUT2D eigenvalue weighted by molar-refractivity contribution is 0.459. The Morgan fingerprint density at radius 2 is 1.95 bits per heavy atom. The Balaban J connectivity index is 2.35. The molecule has 0 saturated heterocycles. The molecule has 0 aliphatic rings. The second-order valence-corrected chi connectivity index (χ2v) is 6.33. The SMILES string of the molecule is CCNC(C)c1ccc(Br)cc1Oc1ccc(Cl)cc1C. The van der Waals surface area contributed by atoms with Gasteiger partial charge in [0.15, 0.2) is 0 Å². The van der Waals surface area contributed by atoms with Crippen molar-refractivity contribution in [1.82, 2.24) is 5.32 Å². The minimum Gasteiger partial charge on any atom is -0.457 e. The maximum Gasteiger partial charge on any atom is 0.133 e. The molecule has 2 rings (SSSR count). The molecule has 21 heavy (non-hydrogen) atoms. The van der Waals surface area contributed by atoms with Crippen molar-refractivity contribution in [3.8, 4) is 11.5 Å². The van der Waals surface area contributed by atoms with Gasteiger partial charge in [-0.05, 0) is 56.3 Å². The third-order valence-electron chi connectivity index (χ3n) is 3.31. The number of halogens is 2. The summed E-state index contributed by atoms with van der Waals surface area (Å²) in [6, 6.07) is 12.0. The van der Waals surface area contributed by atoms with Crippen LogP contribution in [0.1, 0.15) is 31.0 Å². The predicted octanol–water partition coefficient (Wildman–Crippen LogP) is 5.87. The van der Waals surface area contributed by atoms with E-state index in [2.05, 4.69) is 41.2 Å². The molecule has 0 saturated carbocycles. The van der Waals surface area contributed by atoms with E-state index >= 15 is 0 Å². The molecule has 2 aromatic carbocycles. The van der Waals surface area contributed by atoms with E-state index in [9.17, 15) is 0 Å². The number of hydrogen-bond donors (Lipinski definition) is 1. The molecule has 1 atom stereocenters. The van der Waals surface area contributed by atoms with Crippen LogP contribution in [0.5, 0.6) is 11.5 Å². The summed E-state index contributed by atoms with van der Waals surface area (Å²) in [5.74, 6) is 1.67. The monoisotopic (exact) mass is 367 g/mol. The first-order valence-corrected chi connectivity index (χ1v) is 8.15. The van der Waals surface area contributed by atoms with Crippen molar-refractivity contribution < 1.29 is 4.74 Å². The molecule has 0 aliphatic carbocycles. The summed E-state index contributed by atoms with van der Waals surface area (Å²) in [5.41, 5.74) is 2.15. The van der Waals surface area contributed by atoms with Gasteiger partial charge in [0.2, 0.25) is 0 Å². The lowest BCUT2D eigenvalue weighted by atomic mass is 10.1. The van der Waals surface area contributed by atoms with Crippen molar-refractivity contribution >= 4 is 27.5 Å². The largest absolute Gasteiger partial charge is 0.457 e. The van der Waals surface area contributed by atoms with Crippen molar-refractivity contribution in [2.24, 2.45) is 0 Å². The van der Waals surface area contributed by atoms with Gasteiger partial charge in [0.25, 0.3) is 0 Å². The van der Waals surface area contributed by atoms with Crippen LogP contribution in [-0.4, -0.2) is 6.54 Å². The highest BCUT2D eigenvalue weighted by molar-refractivity contribution is 9.10. The number of nitrogens with one attached hydrogen (secondary N) is 1. The normalized spacial score (nSPS) is 12.2. The third kappa shape index (κ3) is 4.22. The molecule has 1 N–H and O–H groups in total. The first-order chi connectivity index (χ1) is 10.0. The van der Waals surface area contributed by atoms with Crippen LogP contribution in [0.25, 0.3) is 0 Å². The van der Waals surface area contributed by atoms with E-state index in [0.717, 1.165) is 38.7 Å². The van der Waals surface area contributed by atoms with Gasteiger partial charge in [-0.1, -0.05) is 40.5 Å². The van der Waals surface area contributed by atoms with Gasteiger partial charge in [0.05, 0.1) is 0 Å². The number of aryl methyl sites for hydroxylation is 1. The fourth-order valence-electron chi connectivity index (χ4n) is 2.22. The third-order valence-corrected chi connectivity index (χ3v) is 4.04. The summed E-state index contributed by atoms with van der Waals surface area (Å²) in [5, 5.41) is 4.13. The van der Waals surface area contributed by atoms with Gasteiger partial charge in [-0.2, -0.15) is 0 Å². The first kappa shape index (κ1) is 16.3. The Bertz CT molecular complexity index is 630.